The van der Waals surface area contributed by atoms with Crippen molar-refractivity contribution in [1.82, 2.24) is 16.0 Å². The van der Waals surface area contributed by atoms with Crippen LogP contribution in [0, 0.1) is 5.92 Å². The maximum absolute atomic E-state index is 13.5. The Balaban J connectivity index is 1.58. The second kappa shape index (κ2) is 12.5. The Morgan fingerprint density at radius 2 is 1.14 bits per heavy atom. The number of carbonyl (C=O) groups excluding carboxylic acids is 2. The number of benzene rings is 3. The molecule has 0 saturated carbocycles. The van der Waals surface area contributed by atoms with Gasteiger partial charge in [-0.25, -0.2) is 0 Å². The van der Waals surface area contributed by atoms with Crippen molar-refractivity contribution in [3.8, 4) is 0 Å². The maximum Gasteiger partial charge on any atom is 0.249 e. The Morgan fingerprint density at radius 1 is 0.703 bits per heavy atom. The molecule has 0 unspecified atom stereocenters. The summed E-state index contributed by atoms with van der Waals surface area (Å²) in [7, 11) is 0. The van der Waals surface area contributed by atoms with E-state index in [2.05, 4.69) is 16.0 Å². The number of carbonyl (C=O) groups is 2. The van der Waals surface area contributed by atoms with Crippen LogP contribution in [0.5, 0.6) is 0 Å². The number of dihydropyridines is 1. The average molecular weight is 492 g/mol. The van der Waals surface area contributed by atoms with Gasteiger partial charge in [0.25, 0.3) is 0 Å². The highest BCUT2D eigenvalue weighted by atomic mass is 16.2. The summed E-state index contributed by atoms with van der Waals surface area (Å²) >= 11 is 0. The van der Waals surface area contributed by atoms with Crippen LogP contribution in [0.15, 0.2) is 120 Å². The number of nitrogens with one attached hydrogen (secondary N) is 3. The van der Waals surface area contributed by atoms with Crippen LogP contribution >= 0.6 is 0 Å². The van der Waals surface area contributed by atoms with E-state index < -0.39 is 0 Å². The largest absolute Gasteiger partial charge is 0.362 e. The molecule has 1 aliphatic rings. The number of amides is 2. The van der Waals surface area contributed by atoms with Crippen molar-refractivity contribution in [2.45, 2.75) is 33.4 Å². The number of rotatable bonds is 9. The Morgan fingerprint density at radius 3 is 1.59 bits per heavy atom. The van der Waals surface area contributed by atoms with E-state index in [1.54, 1.807) is 0 Å². The Bertz CT molecular complexity index is 1230. The molecular weight excluding hydrogens is 458 g/mol. The van der Waals surface area contributed by atoms with Gasteiger partial charge in [-0.2, -0.15) is 0 Å². The second-order valence-electron chi connectivity index (χ2n) is 9.14. The van der Waals surface area contributed by atoms with Crippen LogP contribution in [-0.4, -0.2) is 11.8 Å². The summed E-state index contributed by atoms with van der Waals surface area (Å²) in [5.41, 5.74) is 5.81. The van der Waals surface area contributed by atoms with Gasteiger partial charge in [0.2, 0.25) is 11.8 Å². The molecule has 3 N–H and O–H groups in total. The van der Waals surface area contributed by atoms with Gasteiger partial charge in [-0.1, -0.05) is 103 Å². The summed E-state index contributed by atoms with van der Waals surface area (Å²) in [6, 6.07) is 29.6. The maximum atomic E-state index is 13.5. The predicted molar refractivity (Wildman–Crippen MR) is 149 cm³/mol. The summed E-state index contributed by atoms with van der Waals surface area (Å²) in [6.07, 6.45) is 4.60. The summed E-state index contributed by atoms with van der Waals surface area (Å²) in [6.45, 7) is 4.63. The third-order valence-electron chi connectivity index (χ3n) is 6.44. The minimum Gasteiger partial charge on any atom is -0.362 e. The standard InChI is InChI=1S/C32H33N3O2/c1-23-29(31(36)33-21-26-15-8-4-9-16-26)28(20-12-19-25-13-6-3-7-14-25)30(24(2)35-23)32(37)34-22-27-17-10-5-11-18-27/h3-19,28,35H,20-22H2,1-2H3,(H,33,36)(H,34,37)/b19-12+. The van der Waals surface area contributed by atoms with Crippen LogP contribution in [0.3, 0.4) is 0 Å². The third kappa shape index (κ3) is 6.85. The van der Waals surface area contributed by atoms with E-state index in [0.29, 0.717) is 30.7 Å². The van der Waals surface area contributed by atoms with Gasteiger partial charge in [0.15, 0.2) is 0 Å². The minimum absolute atomic E-state index is 0.173. The van der Waals surface area contributed by atoms with Gasteiger partial charge < -0.3 is 16.0 Å². The smallest absolute Gasteiger partial charge is 0.249 e. The highest BCUT2D eigenvalue weighted by molar-refractivity contribution is 6.02. The van der Waals surface area contributed by atoms with E-state index in [9.17, 15) is 9.59 Å². The fourth-order valence-electron chi connectivity index (χ4n) is 4.63. The van der Waals surface area contributed by atoms with Crippen molar-refractivity contribution in [3.05, 3.63) is 136 Å². The van der Waals surface area contributed by atoms with Crippen LogP contribution in [0.25, 0.3) is 6.08 Å². The lowest BCUT2D eigenvalue weighted by molar-refractivity contribution is -0.118. The first-order chi connectivity index (χ1) is 18.0. The quantitative estimate of drug-likeness (QED) is 0.371. The third-order valence-corrected chi connectivity index (χ3v) is 6.44. The van der Waals surface area contributed by atoms with E-state index in [0.717, 1.165) is 28.1 Å². The van der Waals surface area contributed by atoms with Crippen molar-refractivity contribution >= 4 is 17.9 Å². The van der Waals surface area contributed by atoms with Gasteiger partial charge in [0.1, 0.15) is 0 Å². The topological polar surface area (TPSA) is 70.2 Å². The van der Waals surface area contributed by atoms with Gasteiger partial charge in [-0.3, -0.25) is 9.59 Å². The summed E-state index contributed by atoms with van der Waals surface area (Å²) < 4.78 is 0. The van der Waals surface area contributed by atoms with Crippen LogP contribution in [-0.2, 0) is 22.7 Å². The van der Waals surface area contributed by atoms with Gasteiger partial charge in [0.05, 0.1) is 0 Å². The molecular formula is C32H33N3O2. The molecule has 0 aliphatic carbocycles. The highest BCUT2D eigenvalue weighted by Gasteiger charge is 2.34. The van der Waals surface area contributed by atoms with E-state index in [1.807, 2.05) is 117 Å². The highest BCUT2D eigenvalue weighted by Crippen LogP contribution is 2.33. The molecule has 1 heterocycles. The molecule has 0 spiro atoms. The molecule has 0 aromatic heterocycles. The monoisotopic (exact) mass is 491 g/mol. The summed E-state index contributed by atoms with van der Waals surface area (Å²) in [5.74, 6) is -0.728. The van der Waals surface area contributed by atoms with Crippen molar-refractivity contribution in [1.29, 1.82) is 0 Å². The molecule has 2 amide bonds. The fraction of sp³-hybridized carbons (Fsp3) is 0.188. The van der Waals surface area contributed by atoms with E-state index in [1.165, 1.54) is 0 Å². The van der Waals surface area contributed by atoms with Crippen molar-refractivity contribution < 1.29 is 9.59 Å². The minimum atomic E-state index is -0.382. The van der Waals surface area contributed by atoms with E-state index >= 15 is 0 Å². The molecule has 1 aliphatic heterocycles. The van der Waals surface area contributed by atoms with Gasteiger partial charge in [-0.05, 0) is 37.0 Å². The first-order valence-electron chi connectivity index (χ1n) is 12.6. The molecule has 3 aromatic rings. The van der Waals surface area contributed by atoms with Crippen LogP contribution in [0.2, 0.25) is 0 Å². The first-order valence-corrected chi connectivity index (χ1v) is 12.6. The fourth-order valence-corrected chi connectivity index (χ4v) is 4.63. The molecule has 0 saturated heterocycles. The number of hydrogen-bond acceptors (Lipinski definition) is 3. The lowest BCUT2D eigenvalue weighted by atomic mass is 9.82. The molecule has 5 heteroatoms. The predicted octanol–water partition coefficient (Wildman–Crippen LogP) is 5.49. The molecule has 5 nitrogen and oxygen atoms in total. The van der Waals surface area contributed by atoms with Gasteiger partial charge in [-0.15, -0.1) is 0 Å². The van der Waals surface area contributed by atoms with Gasteiger partial charge >= 0.3 is 0 Å². The molecule has 0 radical (unpaired) electrons. The Labute approximate surface area is 219 Å². The first kappa shape index (κ1) is 25.7. The van der Waals surface area contributed by atoms with E-state index in [-0.39, 0.29) is 17.7 Å². The summed E-state index contributed by atoms with van der Waals surface area (Å²) in [4.78, 5) is 27.0. The SMILES string of the molecule is CC1=C(C(=O)NCc2ccccc2)C(C/C=C/c2ccccc2)C(C(=O)NCc2ccccc2)=C(C)N1. The lowest BCUT2D eigenvalue weighted by Crippen LogP contribution is -2.39. The van der Waals surface area contributed by atoms with E-state index in [4.69, 9.17) is 0 Å². The van der Waals surface area contributed by atoms with Gasteiger partial charge in [0, 0.05) is 41.5 Å². The Hall–Kier alpha value is -4.38. The average Bonchev–Trinajstić information content (AvgIpc) is 2.92. The molecule has 3 aromatic carbocycles. The molecule has 0 fully saturated rings. The van der Waals surface area contributed by atoms with Crippen molar-refractivity contribution in [2.75, 3.05) is 0 Å². The van der Waals surface area contributed by atoms with Crippen LogP contribution in [0.4, 0.5) is 0 Å². The zero-order chi connectivity index (χ0) is 26.0. The second-order valence-corrected chi connectivity index (χ2v) is 9.14. The van der Waals surface area contributed by atoms with Crippen LogP contribution < -0.4 is 16.0 Å². The number of hydrogen-bond donors (Lipinski definition) is 3. The molecule has 37 heavy (non-hydrogen) atoms. The normalized spacial score (nSPS) is 14.0. The molecule has 188 valence electrons. The lowest BCUT2D eigenvalue weighted by Gasteiger charge is -2.30. The zero-order valence-electron chi connectivity index (χ0n) is 21.3. The zero-order valence-corrected chi connectivity index (χ0v) is 21.3. The molecule has 0 bridgehead atoms. The Kier molecular flexibility index (Phi) is 8.71. The number of allylic oxidation sites excluding steroid dienone is 3. The van der Waals surface area contributed by atoms with Crippen molar-refractivity contribution in [2.24, 2.45) is 5.92 Å². The molecule has 0 atom stereocenters. The summed E-state index contributed by atoms with van der Waals surface area (Å²) in [5, 5.41) is 9.40. The van der Waals surface area contributed by atoms with Crippen molar-refractivity contribution in [3.63, 3.8) is 0 Å². The van der Waals surface area contributed by atoms with Crippen LogP contribution in [0.1, 0.15) is 37.0 Å². The molecule has 4 rings (SSSR count).